The molecular weight excluding hydrogens is 867 g/mol. The van der Waals surface area contributed by atoms with Gasteiger partial charge in [-0.2, -0.15) is 0 Å². The SMILES string of the molecule is C[C@@H]1[C@H](O)[C@@H](C)/C=C\C=C/CC\C=C/C=C\C=C/C=C/[C@H](O[C@@H]2O[C@H](C)[C@@H](O)[C@H](N)[C@@H]2O)C[C@@H]2O[C@](O)(C[C@@H](O)[C@H](O)CC[C@@H](O)C[C@@H](O)C[C@@H](O)CC(=O)O[C@H]1C)C[C@H](O)[C@H]2C(=O)O.O. The van der Waals surface area contributed by atoms with Crippen LogP contribution in [0.3, 0.4) is 0 Å². The van der Waals surface area contributed by atoms with E-state index in [1.54, 1.807) is 38.2 Å². The molecule has 3 aliphatic heterocycles. The van der Waals surface area contributed by atoms with Gasteiger partial charge in [0.2, 0.25) is 0 Å². The Morgan fingerprint density at radius 3 is 1.92 bits per heavy atom. The summed E-state index contributed by atoms with van der Waals surface area (Å²) in [6.07, 6.45) is 2.28. The molecule has 378 valence electrons. The van der Waals surface area contributed by atoms with Crippen LogP contribution < -0.4 is 5.73 Å². The lowest BCUT2D eigenvalue weighted by molar-refractivity contribution is -0.310. The van der Waals surface area contributed by atoms with E-state index in [1.807, 2.05) is 49.5 Å². The third-order valence-electron chi connectivity index (χ3n) is 12.2. The fourth-order valence-corrected chi connectivity index (χ4v) is 8.11. The Bertz CT molecular complexity index is 1620. The second-order valence-electron chi connectivity index (χ2n) is 17.8. The minimum atomic E-state index is -2.35. The summed E-state index contributed by atoms with van der Waals surface area (Å²) in [4.78, 5) is 25.1. The Labute approximate surface area is 387 Å². The second-order valence-corrected chi connectivity index (χ2v) is 17.8. The van der Waals surface area contributed by atoms with Gasteiger partial charge in [0, 0.05) is 31.1 Å². The van der Waals surface area contributed by atoms with Crippen molar-refractivity contribution in [1.82, 2.24) is 0 Å². The van der Waals surface area contributed by atoms with Crippen LogP contribution in [0.5, 0.6) is 0 Å². The molecule has 0 saturated carbocycles. The van der Waals surface area contributed by atoms with Gasteiger partial charge in [0.25, 0.3) is 0 Å². The van der Waals surface area contributed by atoms with E-state index >= 15 is 0 Å². The molecule has 0 aliphatic carbocycles. The van der Waals surface area contributed by atoms with E-state index in [4.69, 9.17) is 24.7 Å². The van der Waals surface area contributed by atoms with Crippen molar-refractivity contribution in [3.8, 4) is 0 Å². The number of carbonyl (C=O) groups is 2. The molecule has 19 heteroatoms. The highest BCUT2D eigenvalue weighted by molar-refractivity contribution is 5.71. The van der Waals surface area contributed by atoms with Crippen LogP contribution in [0.25, 0.3) is 0 Å². The molecule has 0 amide bonds. The number of cyclic esters (lactones) is 1. The van der Waals surface area contributed by atoms with E-state index in [9.17, 15) is 65.8 Å². The number of carboxylic acids is 1. The first-order chi connectivity index (χ1) is 30.6. The topological polar surface area (TPSA) is 351 Å². The Hall–Kier alpha value is -3.22. The van der Waals surface area contributed by atoms with Crippen LogP contribution in [0.15, 0.2) is 72.9 Å². The lowest BCUT2D eigenvalue weighted by atomic mass is 9.82. The molecule has 2 saturated heterocycles. The zero-order chi connectivity index (χ0) is 48.4. The summed E-state index contributed by atoms with van der Waals surface area (Å²) in [5.74, 6) is -6.82. The van der Waals surface area contributed by atoms with Gasteiger partial charge in [0.15, 0.2) is 12.1 Å². The molecule has 0 aromatic heterocycles. The number of nitrogens with two attached hydrogens (primary N) is 1. The van der Waals surface area contributed by atoms with Gasteiger partial charge in [-0.3, -0.25) is 9.59 Å². The predicted octanol–water partition coefficient (Wildman–Crippen LogP) is 0.111. The maximum absolute atomic E-state index is 12.6. The number of rotatable bonds is 3. The van der Waals surface area contributed by atoms with Crippen LogP contribution >= 0.6 is 0 Å². The zero-order valence-corrected chi connectivity index (χ0v) is 38.3. The molecule has 66 heavy (non-hydrogen) atoms. The van der Waals surface area contributed by atoms with Crippen molar-refractivity contribution in [3.05, 3.63) is 72.9 Å². The standard InChI is InChI=1S/C47H75NO17.H2O/c1-27-17-15-13-11-9-7-5-6-8-10-12-14-16-18-34(64-46-44(58)41(48)43(57)30(4)63-46)24-38-40(45(59)60)37(54)26-47(61,65-38)25-36(53)35(52)20-19-31(49)21-32(50)22-33(51)23-39(55)62-29(3)28(2)42(27)56;/h5-6,8,10-18,27-38,40-44,46,49-54,56-58,61H,7,9,19-26,48H2,1-4H3,(H,59,60);1H2/b6-5-,10-8-,13-11-,14-12-,17-15-,18-16+;/t27-,28-,29-,30+,31+,32+,33+,34-,35+,36+,37-,38-,40+,41-,42+,43+,44-,46-,47+;/m0./s1. The lowest BCUT2D eigenvalue weighted by Crippen LogP contribution is -2.61. The predicted molar refractivity (Wildman–Crippen MR) is 241 cm³/mol. The first-order valence-corrected chi connectivity index (χ1v) is 22.6. The minimum Gasteiger partial charge on any atom is -0.481 e. The van der Waals surface area contributed by atoms with E-state index in [0.717, 1.165) is 12.8 Å². The number of allylic oxidation sites excluding steroid dienone is 10. The van der Waals surface area contributed by atoms with Crippen LogP contribution in [-0.2, 0) is 28.5 Å². The molecule has 15 N–H and O–H groups in total. The van der Waals surface area contributed by atoms with Crippen LogP contribution in [-0.4, -0.2) is 171 Å². The molecule has 2 fully saturated rings. The van der Waals surface area contributed by atoms with Crippen LogP contribution in [0.1, 0.15) is 91.9 Å². The highest BCUT2D eigenvalue weighted by Crippen LogP contribution is 2.38. The third kappa shape index (κ3) is 19.4. The summed E-state index contributed by atoms with van der Waals surface area (Å²) >= 11 is 0. The van der Waals surface area contributed by atoms with E-state index < -0.39 is 141 Å². The van der Waals surface area contributed by atoms with Gasteiger partial charge < -0.3 is 86.3 Å². The highest BCUT2D eigenvalue weighted by Gasteiger charge is 2.51. The van der Waals surface area contributed by atoms with Gasteiger partial charge in [-0.05, 0) is 52.4 Å². The van der Waals surface area contributed by atoms with Crippen molar-refractivity contribution >= 4 is 11.9 Å². The summed E-state index contributed by atoms with van der Waals surface area (Å²) in [6.45, 7) is 6.78. The van der Waals surface area contributed by atoms with E-state index in [2.05, 4.69) is 0 Å². The molecule has 0 spiro atoms. The molecule has 0 aromatic rings. The van der Waals surface area contributed by atoms with E-state index in [0.29, 0.717) is 0 Å². The van der Waals surface area contributed by atoms with E-state index in [1.165, 1.54) is 13.0 Å². The van der Waals surface area contributed by atoms with Gasteiger partial charge in [0.1, 0.15) is 18.1 Å². The van der Waals surface area contributed by atoms with Crippen molar-refractivity contribution in [1.29, 1.82) is 0 Å². The first kappa shape index (κ1) is 58.9. The van der Waals surface area contributed by atoms with Crippen molar-refractivity contribution in [2.45, 2.75) is 189 Å². The summed E-state index contributed by atoms with van der Waals surface area (Å²) in [6, 6.07) is -1.14. The Morgan fingerprint density at radius 1 is 0.697 bits per heavy atom. The molecular formula is C47H77NO18. The van der Waals surface area contributed by atoms with Crippen molar-refractivity contribution < 1.29 is 90.2 Å². The summed E-state index contributed by atoms with van der Waals surface area (Å²) in [5, 5.41) is 118. The smallest absolute Gasteiger partial charge is 0.311 e. The lowest BCUT2D eigenvalue weighted by Gasteiger charge is -2.45. The van der Waals surface area contributed by atoms with E-state index in [-0.39, 0.29) is 43.5 Å². The zero-order valence-electron chi connectivity index (χ0n) is 38.3. The second kappa shape index (κ2) is 29.0. The number of hydrogen-bond acceptors (Lipinski definition) is 17. The Kier molecular flexibility index (Phi) is 25.8. The average Bonchev–Trinajstić information content (AvgIpc) is 3.21. The van der Waals surface area contributed by atoms with Crippen LogP contribution in [0.4, 0.5) is 0 Å². The molecule has 3 rings (SSSR count). The third-order valence-corrected chi connectivity index (χ3v) is 12.2. The Morgan fingerprint density at radius 2 is 1.27 bits per heavy atom. The quantitative estimate of drug-likeness (QED) is 0.167. The van der Waals surface area contributed by atoms with Gasteiger partial charge >= 0.3 is 11.9 Å². The molecule has 19 atom stereocenters. The molecule has 2 bridgehead atoms. The maximum atomic E-state index is 12.6. The fraction of sp³-hybridized carbons (Fsp3) is 0.702. The number of carboxylic acid groups (broad SMARTS) is 1. The number of hydrogen-bond donors (Lipinski definition) is 12. The van der Waals surface area contributed by atoms with Crippen LogP contribution in [0.2, 0.25) is 0 Å². The molecule has 3 heterocycles. The summed E-state index contributed by atoms with van der Waals surface area (Å²) in [5.41, 5.74) is 6.02. The molecule has 0 aromatic carbocycles. The van der Waals surface area contributed by atoms with Gasteiger partial charge in [-0.15, -0.1) is 0 Å². The minimum absolute atomic E-state index is 0. The van der Waals surface area contributed by atoms with Crippen molar-refractivity contribution in [2.24, 2.45) is 23.5 Å². The normalized spacial score (nSPS) is 44.6. The summed E-state index contributed by atoms with van der Waals surface area (Å²) in [7, 11) is 0. The first-order valence-electron chi connectivity index (χ1n) is 22.6. The summed E-state index contributed by atoms with van der Waals surface area (Å²) < 4.78 is 23.2. The van der Waals surface area contributed by atoms with Gasteiger partial charge in [0.05, 0.1) is 79.6 Å². The molecule has 3 aliphatic rings. The molecule has 0 unspecified atom stereocenters. The number of esters is 1. The average molecular weight is 944 g/mol. The number of aliphatic carboxylic acids is 1. The number of ether oxygens (including phenoxy) is 4. The fourth-order valence-electron chi connectivity index (χ4n) is 8.11. The number of aliphatic hydroxyl groups is 10. The van der Waals surface area contributed by atoms with Crippen molar-refractivity contribution in [2.75, 3.05) is 0 Å². The van der Waals surface area contributed by atoms with Crippen molar-refractivity contribution in [3.63, 3.8) is 0 Å². The number of carbonyl (C=O) groups excluding carboxylic acids is 1. The molecule has 0 radical (unpaired) electrons. The number of fused-ring (bicyclic) bond motifs is 2. The number of aliphatic hydroxyl groups excluding tert-OH is 9. The van der Waals surface area contributed by atoms with Gasteiger partial charge in [-0.25, -0.2) is 0 Å². The monoisotopic (exact) mass is 944 g/mol. The van der Waals surface area contributed by atoms with Crippen LogP contribution in [0, 0.1) is 17.8 Å². The maximum Gasteiger partial charge on any atom is 0.311 e. The Balaban J connectivity index is 0.0000150. The largest absolute Gasteiger partial charge is 0.481 e. The highest BCUT2D eigenvalue weighted by atomic mass is 16.7. The van der Waals surface area contributed by atoms with Gasteiger partial charge in [-0.1, -0.05) is 86.8 Å². The molecule has 19 nitrogen and oxygen atoms in total.